The van der Waals surface area contributed by atoms with Gasteiger partial charge in [-0.1, -0.05) is 41.4 Å². The van der Waals surface area contributed by atoms with Gasteiger partial charge in [-0.05, 0) is 36.8 Å². The molecule has 1 aliphatic heterocycles. The van der Waals surface area contributed by atoms with Gasteiger partial charge in [0.1, 0.15) is 5.76 Å². The van der Waals surface area contributed by atoms with Gasteiger partial charge in [0.15, 0.2) is 0 Å². The second kappa shape index (κ2) is 7.86. The summed E-state index contributed by atoms with van der Waals surface area (Å²) in [6.45, 7) is 1.76. The van der Waals surface area contributed by atoms with Crippen molar-refractivity contribution in [2.75, 3.05) is 6.54 Å². The van der Waals surface area contributed by atoms with Crippen LogP contribution < -0.4 is 0 Å². The van der Waals surface area contributed by atoms with E-state index in [9.17, 15) is 19.5 Å². The fourth-order valence-corrected chi connectivity index (χ4v) is 3.31. The summed E-state index contributed by atoms with van der Waals surface area (Å²) >= 11 is 5.88. The van der Waals surface area contributed by atoms with Crippen molar-refractivity contribution >= 4 is 35.0 Å². The highest BCUT2D eigenvalue weighted by Gasteiger charge is 2.45. The fraction of sp³-hybridized carbons (Fsp3) is 0.190. The Bertz CT molecular complexity index is 963. The quantitative estimate of drug-likeness (QED) is 0.455. The van der Waals surface area contributed by atoms with E-state index in [1.807, 2.05) is 19.1 Å². The summed E-state index contributed by atoms with van der Waals surface area (Å²) < 4.78 is 0. The number of amides is 1. The third-order valence-corrected chi connectivity index (χ3v) is 4.87. The van der Waals surface area contributed by atoms with Crippen molar-refractivity contribution in [3.05, 3.63) is 75.8 Å². The van der Waals surface area contributed by atoms with Gasteiger partial charge in [-0.15, -0.1) is 0 Å². The Morgan fingerprint density at radius 2 is 1.64 bits per heavy atom. The van der Waals surface area contributed by atoms with Crippen LogP contribution in [0.5, 0.6) is 0 Å². The van der Waals surface area contributed by atoms with Gasteiger partial charge in [-0.2, -0.15) is 0 Å². The van der Waals surface area contributed by atoms with Crippen molar-refractivity contribution in [2.24, 2.45) is 0 Å². The minimum Gasteiger partial charge on any atom is -0.507 e. The molecule has 0 unspecified atom stereocenters. The molecule has 28 heavy (non-hydrogen) atoms. The molecule has 2 N–H and O–H groups in total. The lowest BCUT2D eigenvalue weighted by Crippen LogP contribution is -2.31. The second-order valence-electron chi connectivity index (χ2n) is 6.55. The fourth-order valence-electron chi connectivity index (χ4n) is 3.19. The summed E-state index contributed by atoms with van der Waals surface area (Å²) in [4.78, 5) is 37.5. The second-order valence-corrected chi connectivity index (χ2v) is 6.99. The first-order valence-corrected chi connectivity index (χ1v) is 9.00. The number of rotatable bonds is 5. The maximum Gasteiger partial charge on any atom is 0.305 e. The zero-order chi connectivity index (χ0) is 20.4. The summed E-state index contributed by atoms with van der Waals surface area (Å²) in [7, 11) is 0. The van der Waals surface area contributed by atoms with Gasteiger partial charge >= 0.3 is 5.97 Å². The van der Waals surface area contributed by atoms with E-state index in [-0.39, 0.29) is 24.3 Å². The van der Waals surface area contributed by atoms with E-state index in [4.69, 9.17) is 16.7 Å². The molecule has 3 rings (SSSR count). The highest BCUT2D eigenvalue weighted by atomic mass is 35.5. The number of nitrogens with zero attached hydrogens (tertiary/aromatic N) is 1. The zero-order valence-corrected chi connectivity index (χ0v) is 15.8. The Hall–Kier alpha value is -3.12. The van der Waals surface area contributed by atoms with Crippen LogP contribution in [0.4, 0.5) is 0 Å². The third-order valence-electron chi connectivity index (χ3n) is 4.62. The van der Waals surface area contributed by atoms with Crippen LogP contribution in [0, 0.1) is 6.92 Å². The average Bonchev–Trinajstić information content (AvgIpc) is 2.91. The predicted octanol–water partition coefficient (Wildman–Crippen LogP) is 3.54. The Morgan fingerprint density at radius 1 is 1.04 bits per heavy atom. The van der Waals surface area contributed by atoms with Crippen LogP contribution in [-0.4, -0.2) is 39.3 Å². The number of aliphatic hydroxyl groups is 1. The summed E-state index contributed by atoms with van der Waals surface area (Å²) in [5.41, 5.74) is 1.88. The maximum absolute atomic E-state index is 12.7. The van der Waals surface area contributed by atoms with Crippen molar-refractivity contribution in [1.29, 1.82) is 0 Å². The van der Waals surface area contributed by atoms with E-state index in [1.54, 1.807) is 36.4 Å². The average molecular weight is 400 g/mol. The van der Waals surface area contributed by atoms with Crippen molar-refractivity contribution in [1.82, 2.24) is 4.90 Å². The molecule has 1 heterocycles. The first kappa shape index (κ1) is 19.6. The number of likely N-dealkylation sites (tertiary alicyclic amines) is 1. The maximum atomic E-state index is 12.7. The molecular formula is C21H18ClNO5. The van der Waals surface area contributed by atoms with E-state index >= 15 is 0 Å². The lowest BCUT2D eigenvalue weighted by molar-refractivity contribution is -0.142. The number of hydrogen-bond acceptors (Lipinski definition) is 4. The number of Topliss-reactive ketones (excluding diaryl/α,β-unsaturated/α-hetero) is 1. The molecule has 0 bridgehead atoms. The number of hydrogen-bond donors (Lipinski definition) is 2. The van der Waals surface area contributed by atoms with Gasteiger partial charge < -0.3 is 15.1 Å². The number of aliphatic carboxylic acids is 1. The first-order valence-electron chi connectivity index (χ1n) is 8.62. The number of ketones is 1. The van der Waals surface area contributed by atoms with Crippen molar-refractivity contribution < 1.29 is 24.6 Å². The van der Waals surface area contributed by atoms with Crippen LogP contribution in [-0.2, 0) is 14.4 Å². The highest BCUT2D eigenvalue weighted by Crippen LogP contribution is 2.39. The molecule has 0 saturated carbocycles. The minimum atomic E-state index is -1.08. The molecule has 6 nitrogen and oxygen atoms in total. The lowest BCUT2D eigenvalue weighted by atomic mass is 9.94. The summed E-state index contributed by atoms with van der Waals surface area (Å²) in [6.07, 6.45) is -0.309. The Kier molecular flexibility index (Phi) is 5.51. The molecule has 7 heteroatoms. The topological polar surface area (TPSA) is 94.9 Å². The molecule has 1 fully saturated rings. The number of halogens is 1. The monoisotopic (exact) mass is 399 g/mol. The first-order chi connectivity index (χ1) is 13.3. The molecule has 0 spiro atoms. The SMILES string of the molecule is Cc1ccc([C@H]2C(=C(O)c3ccc(Cl)cc3)C(=O)C(=O)N2CCC(=O)O)cc1. The van der Waals surface area contributed by atoms with E-state index in [1.165, 1.54) is 4.90 Å². The number of carbonyl (C=O) groups excluding carboxylic acids is 2. The van der Waals surface area contributed by atoms with Gasteiger partial charge in [0.05, 0.1) is 18.0 Å². The van der Waals surface area contributed by atoms with E-state index in [0.717, 1.165) is 5.56 Å². The Balaban J connectivity index is 2.14. The predicted molar refractivity (Wildman–Crippen MR) is 104 cm³/mol. The van der Waals surface area contributed by atoms with Crippen LogP contribution in [0.15, 0.2) is 54.1 Å². The normalized spacial score (nSPS) is 18.5. The van der Waals surface area contributed by atoms with Crippen molar-refractivity contribution in [3.63, 3.8) is 0 Å². The van der Waals surface area contributed by atoms with E-state index in [2.05, 4.69) is 0 Å². The van der Waals surface area contributed by atoms with Gasteiger partial charge in [0.2, 0.25) is 0 Å². The molecule has 0 radical (unpaired) electrons. The van der Waals surface area contributed by atoms with Crippen molar-refractivity contribution in [3.8, 4) is 0 Å². The molecule has 0 aromatic heterocycles. The number of carboxylic acids is 1. The number of carbonyl (C=O) groups is 3. The summed E-state index contributed by atoms with van der Waals surface area (Å²) in [5, 5.41) is 20.3. The number of aryl methyl sites for hydroxylation is 1. The van der Waals surface area contributed by atoms with Crippen LogP contribution in [0.2, 0.25) is 5.02 Å². The third kappa shape index (κ3) is 3.77. The molecule has 2 aromatic carbocycles. The van der Waals surface area contributed by atoms with Gasteiger partial charge in [-0.25, -0.2) is 0 Å². The Labute approximate surface area is 166 Å². The number of aliphatic hydroxyl groups excluding tert-OH is 1. The van der Waals surface area contributed by atoms with Crippen LogP contribution in [0.3, 0.4) is 0 Å². The molecule has 1 aliphatic rings. The Morgan fingerprint density at radius 3 is 2.21 bits per heavy atom. The standard InChI is InChI=1S/C21H18ClNO5/c1-12-2-4-13(5-3-12)18-17(19(26)14-6-8-15(22)9-7-14)20(27)21(28)23(18)11-10-16(24)25/h2-9,18,26H,10-11H2,1H3,(H,24,25)/t18-/m0/s1. The van der Waals surface area contributed by atoms with Crippen LogP contribution in [0.1, 0.15) is 29.2 Å². The molecular weight excluding hydrogens is 382 g/mol. The van der Waals surface area contributed by atoms with Gasteiger partial charge in [0, 0.05) is 17.1 Å². The van der Waals surface area contributed by atoms with Gasteiger partial charge in [-0.3, -0.25) is 14.4 Å². The molecule has 1 amide bonds. The highest BCUT2D eigenvalue weighted by molar-refractivity contribution is 6.46. The van der Waals surface area contributed by atoms with Crippen LogP contribution >= 0.6 is 11.6 Å². The molecule has 1 atom stereocenters. The summed E-state index contributed by atoms with van der Waals surface area (Å²) in [6, 6.07) is 12.5. The molecule has 2 aromatic rings. The molecule has 144 valence electrons. The van der Waals surface area contributed by atoms with Crippen LogP contribution in [0.25, 0.3) is 5.76 Å². The number of carboxylic acid groups (broad SMARTS) is 1. The molecule has 0 aliphatic carbocycles. The van der Waals surface area contributed by atoms with E-state index < -0.39 is 23.7 Å². The minimum absolute atomic E-state index is 0.0680. The van der Waals surface area contributed by atoms with Crippen molar-refractivity contribution in [2.45, 2.75) is 19.4 Å². The zero-order valence-electron chi connectivity index (χ0n) is 15.1. The molecule has 1 saturated heterocycles. The number of benzene rings is 2. The smallest absolute Gasteiger partial charge is 0.305 e. The largest absolute Gasteiger partial charge is 0.507 e. The van der Waals surface area contributed by atoms with E-state index in [0.29, 0.717) is 16.1 Å². The lowest BCUT2D eigenvalue weighted by Gasteiger charge is -2.24. The summed E-state index contributed by atoms with van der Waals surface area (Å²) in [5.74, 6) is -3.08. The van der Waals surface area contributed by atoms with Gasteiger partial charge in [0.25, 0.3) is 11.7 Å².